The normalized spacial score (nSPS) is 19.7. The van der Waals surface area contributed by atoms with E-state index in [1.165, 1.54) is 0 Å². The van der Waals surface area contributed by atoms with Crippen molar-refractivity contribution in [3.05, 3.63) is 24.3 Å². The molecule has 1 unspecified atom stereocenters. The van der Waals surface area contributed by atoms with Crippen LogP contribution in [0.4, 0.5) is 5.69 Å². The number of nitrogens with one attached hydrogen (secondary N) is 1. The second-order valence-electron chi connectivity index (χ2n) is 4.49. The molecule has 1 atom stereocenters. The Morgan fingerprint density at radius 3 is 2.61 bits per heavy atom. The van der Waals surface area contributed by atoms with Crippen LogP contribution < -0.4 is 15.7 Å². The Bertz CT molecular complexity index is 422. The minimum Gasteiger partial charge on any atom is -0.423 e. The van der Waals surface area contributed by atoms with E-state index in [4.69, 9.17) is 10.0 Å². The number of carbonyl (C=O) groups is 1. The molecule has 0 amide bonds. The molecule has 0 spiro atoms. The van der Waals surface area contributed by atoms with Gasteiger partial charge < -0.3 is 20.3 Å². The van der Waals surface area contributed by atoms with Gasteiger partial charge >= 0.3 is 7.12 Å². The van der Waals surface area contributed by atoms with E-state index < -0.39 is 7.12 Å². The maximum absolute atomic E-state index is 11.6. The zero-order valence-corrected chi connectivity index (χ0v) is 10.3. The minimum atomic E-state index is -1.45. The molecule has 0 bridgehead atoms. The molecule has 1 heterocycles. The number of ketones is 1. The SMILES string of the molecule is CC(=O)C1CNCCN1c1ccc(B(O)O)cc1. The molecule has 0 saturated carbocycles. The fraction of sp³-hybridized carbons (Fsp3) is 0.417. The van der Waals surface area contributed by atoms with Crippen molar-refractivity contribution >= 4 is 24.1 Å². The van der Waals surface area contributed by atoms with Gasteiger partial charge in [0.05, 0.1) is 6.04 Å². The number of nitrogens with zero attached hydrogens (tertiary/aromatic N) is 1. The van der Waals surface area contributed by atoms with Crippen molar-refractivity contribution in [2.45, 2.75) is 13.0 Å². The zero-order chi connectivity index (χ0) is 13.1. The lowest BCUT2D eigenvalue weighted by Crippen LogP contribution is -2.54. The van der Waals surface area contributed by atoms with Gasteiger partial charge in [0.25, 0.3) is 0 Å². The third kappa shape index (κ3) is 2.72. The molecule has 2 rings (SSSR count). The summed E-state index contributed by atoms with van der Waals surface area (Å²) in [6.07, 6.45) is 0. The summed E-state index contributed by atoms with van der Waals surface area (Å²) < 4.78 is 0. The fourth-order valence-corrected chi connectivity index (χ4v) is 2.21. The van der Waals surface area contributed by atoms with Crippen LogP contribution in [0.1, 0.15) is 6.92 Å². The summed E-state index contributed by atoms with van der Waals surface area (Å²) in [6.45, 7) is 3.86. The first kappa shape index (κ1) is 13.1. The van der Waals surface area contributed by atoms with Gasteiger partial charge in [-0.15, -0.1) is 0 Å². The lowest BCUT2D eigenvalue weighted by Gasteiger charge is -2.36. The van der Waals surface area contributed by atoms with Gasteiger partial charge in [0.2, 0.25) is 0 Å². The van der Waals surface area contributed by atoms with Crippen LogP contribution in [0.25, 0.3) is 0 Å². The summed E-state index contributed by atoms with van der Waals surface area (Å²) in [4.78, 5) is 13.6. The van der Waals surface area contributed by atoms with E-state index in [9.17, 15) is 4.79 Å². The van der Waals surface area contributed by atoms with Crippen molar-refractivity contribution in [2.24, 2.45) is 0 Å². The maximum atomic E-state index is 11.6. The molecule has 0 aliphatic carbocycles. The highest BCUT2D eigenvalue weighted by Gasteiger charge is 2.26. The van der Waals surface area contributed by atoms with Gasteiger partial charge in [-0.3, -0.25) is 4.79 Å². The molecule has 1 fully saturated rings. The Morgan fingerprint density at radius 2 is 2.06 bits per heavy atom. The van der Waals surface area contributed by atoms with Crippen LogP contribution in [0.15, 0.2) is 24.3 Å². The lowest BCUT2D eigenvalue weighted by molar-refractivity contribution is -0.118. The van der Waals surface area contributed by atoms with Crippen molar-refractivity contribution in [3.63, 3.8) is 0 Å². The van der Waals surface area contributed by atoms with Gasteiger partial charge in [0.1, 0.15) is 0 Å². The number of Topliss-reactive ketones (excluding diaryl/α,β-unsaturated/α-hetero) is 1. The molecule has 18 heavy (non-hydrogen) atoms. The Morgan fingerprint density at radius 1 is 1.39 bits per heavy atom. The molecule has 3 N–H and O–H groups in total. The van der Waals surface area contributed by atoms with Crippen molar-refractivity contribution in [3.8, 4) is 0 Å². The van der Waals surface area contributed by atoms with E-state index in [1.54, 1.807) is 19.1 Å². The zero-order valence-electron chi connectivity index (χ0n) is 10.3. The van der Waals surface area contributed by atoms with Gasteiger partial charge in [-0.2, -0.15) is 0 Å². The molecule has 1 aliphatic rings. The number of piperazine rings is 1. The summed E-state index contributed by atoms with van der Waals surface area (Å²) in [7, 11) is -1.45. The average molecular weight is 248 g/mol. The first-order chi connectivity index (χ1) is 8.59. The largest absolute Gasteiger partial charge is 0.488 e. The van der Waals surface area contributed by atoms with E-state index in [-0.39, 0.29) is 11.8 Å². The highest BCUT2D eigenvalue weighted by atomic mass is 16.4. The molecule has 0 radical (unpaired) electrons. The van der Waals surface area contributed by atoms with Gasteiger partial charge in [-0.1, -0.05) is 12.1 Å². The predicted molar refractivity (Wildman–Crippen MR) is 71.0 cm³/mol. The summed E-state index contributed by atoms with van der Waals surface area (Å²) in [5.74, 6) is 0.133. The van der Waals surface area contributed by atoms with Crippen LogP contribution in [-0.4, -0.2) is 48.6 Å². The molecule has 1 saturated heterocycles. The Kier molecular flexibility index (Phi) is 4.01. The fourth-order valence-electron chi connectivity index (χ4n) is 2.21. The second kappa shape index (κ2) is 5.52. The lowest BCUT2D eigenvalue weighted by atomic mass is 9.80. The topological polar surface area (TPSA) is 72.8 Å². The van der Waals surface area contributed by atoms with E-state index in [1.807, 2.05) is 17.0 Å². The van der Waals surface area contributed by atoms with Gasteiger partial charge in [0.15, 0.2) is 5.78 Å². The number of anilines is 1. The van der Waals surface area contributed by atoms with E-state index in [0.29, 0.717) is 12.0 Å². The predicted octanol–water partition coefficient (Wildman–Crippen LogP) is -1.27. The monoisotopic (exact) mass is 248 g/mol. The Balaban J connectivity index is 2.20. The van der Waals surface area contributed by atoms with Gasteiger partial charge in [-0.25, -0.2) is 0 Å². The van der Waals surface area contributed by atoms with Crippen molar-refractivity contribution in [1.29, 1.82) is 0 Å². The minimum absolute atomic E-state index is 0.133. The molecular weight excluding hydrogens is 231 g/mol. The van der Waals surface area contributed by atoms with Crippen LogP contribution in [0.3, 0.4) is 0 Å². The van der Waals surface area contributed by atoms with Crippen molar-refractivity contribution in [1.82, 2.24) is 5.32 Å². The molecule has 1 aromatic rings. The summed E-state index contributed by atoms with van der Waals surface area (Å²) >= 11 is 0. The molecule has 1 aromatic carbocycles. The van der Waals surface area contributed by atoms with E-state index >= 15 is 0 Å². The number of hydrogen-bond donors (Lipinski definition) is 3. The van der Waals surface area contributed by atoms with Crippen LogP contribution >= 0.6 is 0 Å². The summed E-state index contributed by atoms with van der Waals surface area (Å²) in [6, 6.07) is 6.81. The molecule has 1 aliphatic heterocycles. The highest BCUT2D eigenvalue weighted by Crippen LogP contribution is 2.17. The van der Waals surface area contributed by atoms with Crippen LogP contribution in [0.5, 0.6) is 0 Å². The number of hydrogen-bond acceptors (Lipinski definition) is 5. The first-order valence-corrected chi connectivity index (χ1v) is 6.03. The third-order valence-corrected chi connectivity index (χ3v) is 3.24. The first-order valence-electron chi connectivity index (χ1n) is 6.03. The van der Waals surface area contributed by atoms with E-state index in [0.717, 1.165) is 18.8 Å². The van der Waals surface area contributed by atoms with Gasteiger partial charge in [0, 0.05) is 25.3 Å². The van der Waals surface area contributed by atoms with Crippen LogP contribution in [0, 0.1) is 0 Å². The number of carbonyl (C=O) groups excluding carboxylic acids is 1. The Labute approximate surface area is 107 Å². The van der Waals surface area contributed by atoms with Crippen molar-refractivity contribution < 1.29 is 14.8 Å². The molecular formula is C12H17BN2O3. The second-order valence-corrected chi connectivity index (χ2v) is 4.49. The quantitative estimate of drug-likeness (QED) is 0.582. The molecule has 96 valence electrons. The van der Waals surface area contributed by atoms with Gasteiger partial charge in [-0.05, 0) is 24.5 Å². The third-order valence-electron chi connectivity index (χ3n) is 3.24. The summed E-state index contributed by atoms with van der Waals surface area (Å²) in [5, 5.41) is 21.3. The molecule has 0 aromatic heterocycles. The number of rotatable bonds is 3. The average Bonchev–Trinajstić information content (AvgIpc) is 2.39. The number of benzene rings is 1. The highest BCUT2D eigenvalue weighted by molar-refractivity contribution is 6.58. The Hall–Kier alpha value is -1.37. The van der Waals surface area contributed by atoms with E-state index in [2.05, 4.69) is 5.32 Å². The summed E-state index contributed by atoms with van der Waals surface area (Å²) in [5.41, 5.74) is 1.38. The van der Waals surface area contributed by atoms with Crippen molar-refractivity contribution in [2.75, 3.05) is 24.5 Å². The standard InChI is InChI=1S/C12H17BN2O3/c1-9(16)12-8-14-6-7-15(12)11-4-2-10(3-5-11)13(17)18/h2-5,12,14,17-18H,6-8H2,1H3. The molecule has 5 nitrogen and oxygen atoms in total. The maximum Gasteiger partial charge on any atom is 0.488 e. The van der Waals surface area contributed by atoms with Crippen LogP contribution in [-0.2, 0) is 4.79 Å². The smallest absolute Gasteiger partial charge is 0.423 e. The van der Waals surface area contributed by atoms with Crippen LogP contribution in [0.2, 0.25) is 0 Å². The molecule has 6 heteroatoms.